The van der Waals surface area contributed by atoms with Crippen LogP contribution >= 0.6 is 0 Å². The van der Waals surface area contributed by atoms with Gasteiger partial charge in [-0.1, -0.05) is 36.4 Å². The first-order chi connectivity index (χ1) is 16.2. The second kappa shape index (κ2) is 8.93. The van der Waals surface area contributed by atoms with E-state index in [1.54, 1.807) is 48.5 Å². The van der Waals surface area contributed by atoms with Crippen LogP contribution in [-0.2, 0) is 9.59 Å². The number of halogens is 3. The van der Waals surface area contributed by atoms with Crippen LogP contribution in [0, 0.1) is 6.92 Å². The van der Waals surface area contributed by atoms with Gasteiger partial charge < -0.3 is 14.8 Å². The number of alkyl halides is 3. The Morgan fingerprint density at radius 3 is 2.18 bits per heavy atom. The summed E-state index contributed by atoms with van der Waals surface area (Å²) >= 11 is 0. The van der Waals surface area contributed by atoms with Gasteiger partial charge in [0.25, 0.3) is 11.8 Å². The first-order valence-electron chi connectivity index (χ1n) is 10.1. The Labute approximate surface area is 193 Å². The Morgan fingerprint density at radius 1 is 0.882 bits per heavy atom. The number of rotatable bonds is 6. The number of methoxy groups -OCH3 is 1. The van der Waals surface area contributed by atoms with E-state index in [-0.39, 0.29) is 17.0 Å². The zero-order valence-corrected chi connectivity index (χ0v) is 18.1. The minimum absolute atomic E-state index is 0.00995. The van der Waals surface area contributed by atoms with Crippen molar-refractivity contribution in [3.63, 3.8) is 0 Å². The maximum Gasteiger partial charge on any atom is 0.573 e. The van der Waals surface area contributed by atoms with Crippen molar-refractivity contribution in [1.82, 2.24) is 0 Å². The molecule has 0 radical (unpaired) electrons. The average molecular weight is 468 g/mol. The first-order valence-corrected chi connectivity index (χ1v) is 10.1. The summed E-state index contributed by atoms with van der Waals surface area (Å²) in [5.41, 5.74) is 2.04. The van der Waals surface area contributed by atoms with E-state index in [1.165, 1.54) is 19.2 Å². The molecule has 0 saturated carbocycles. The Bertz CT molecular complexity index is 1270. The normalized spacial score (nSPS) is 14.0. The van der Waals surface area contributed by atoms with Gasteiger partial charge in [-0.15, -0.1) is 13.2 Å². The summed E-state index contributed by atoms with van der Waals surface area (Å²) in [6, 6.07) is 18.6. The van der Waals surface area contributed by atoms with Gasteiger partial charge in [0.15, 0.2) is 0 Å². The van der Waals surface area contributed by atoms with E-state index in [4.69, 9.17) is 4.74 Å². The van der Waals surface area contributed by atoms with Gasteiger partial charge in [-0.2, -0.15) is 0 Å². The lowest BCUT2D eigenvalue weighted by atomic mass is 10.0. The molecule has 0 bridgehead atoms. The van der Waals surface area contributed by atoms with E-state index in [2.05, 4.69) is 10.1 Å². The van der Waals surface area contributed by atoms with Gasteiger partial charge in [0.1, 0.15) is 17.2 Å². The third-order valence-electron chi connectivity index (χ3n) is 5.08. The highest BCUT2D eigenvalue weighted by Gasteiger charge is 2.41. The number of carbonyl (C=O) groups excluding carboxylic acids is 2. The van der Waals surface area contributed by atoms with Crippen LogP contribution < -0.4 is 19.7 Å². The second-order valence-electron chi connectivity index (χ2n) is 7.43. The summed E-state index contributed by atoms with van der Waals surface area (Å²) in [6.45, 7) is 1.82. The fourth-order valence-electron chi connectivity index (χ4n) is 3.60. The Balaban J connectivity index is 1.75. The molecule has 9 heteroatoms. The topological polar surface area (TPSA) is 67.9 Å². The molecular formula is C25H19F3N2O4. The van der Waals surface area contributed by atoms with Crippen molar-refractivity contribution in [2.75, 3.05) is 17.3 Å². The molecular weight excluding hydrogens is 449 g/mol. The van der Waals surface area contributed by atoms with Crippen molar-refractivity contribution in [3.8, 4) is 11.5 Å². The van der Waals surface area contributed by atoms with Gasteiger partial charge >= 0.3 is 6.36 Å². The van der Waals surface area contributed by atoms with E-state index >= 15 is 0 Å². The van der Waals surface area contributed by atoms with Gasteiger partial charge in [0.2, 0.25) is 0 Å². The molecule has 1 heterocycles. The number of aryl methyl sites for hydroxylation is 1. The number of imide groups is 1. The van der Waals surface area contributed by atoms with Crippen molar-refractivity contribution in [3.05, 3.63) is 89.6 Å². The highest BCUT2D eigenvalue weighted by Crippen LogP contribution is 2.38. The summed E-state index contributed by atoms with van der Waals surface area (Å²) in [5, 5.41) is 2.90. The summed E-state index contributed by atoms with van der Waals surface area (Å²) < 4.78 is 46.6. The minimum Gasteiger partial charge on any atom is -0.495 e. The maximum absolute atomic E-state index is 13.5. The van der Waals surface area contributed by atoms with Crippen LogP contribution in [-0.4, -0.2) is 25.3 Å². The van der Waals surface area contributed by atoms with Crippen LogP contribution in [0.2, 0.25) is 0 Å². The Kier molecular flexibility index (Phi) is 6.02. The molecule has 0 aliphatic carbocycles. The number of carbonyl (C=O) groups is 2. The monoisotopic (exact) mass is 468 g/mol. The quantitative estimate of drug-likeness (QED) is 0.498. The summed E-state index contributed by atoms with van der Waals surface area (Å²) in [5.74, 6) is -1.24. The highest BCUT2D eigenvalue weighted by atomic mass is 19.4. The van der Waals surface area contributed by atoms with Crippen molar-refractivity contribution < 1.29 is 32.2 Å². The zero-order chi connectivity index (χ0) is 24.5. The number of nitrogens with one attached hydrogen (secondary N) is 1. The minimum atomic E-state index is -4.82. The number of hydrogen-bond acceptors (Lipinski definition) is 5. The maximum atomic E-state index is 13.5. The number of nitrogens with zero attached hydrogens (tertiary/aromatic N) is 1. The summed E-state index contributed by atoms with van der Waals surface area (Å²) in [6.07, 6.45) is -4.82. The number of benzene rings is 3. The lowest BCUT2D eigenvalue weighted by molar-refractivity contribution is -0.274. The molecule has 0 fully saturated rings. The summed E-state index contributed by atoms with van der Waals surface area (Å²) in [7, 11) is 1.44. The molecule has 34 heavy (non-hydrogen) atoms. The Morgan fingerprint density at radius 2 is 1.56 bits per heavy atom. The van der Waals surface area contributed by atoms with Crippen LogP contribution in [0.25, 0.3) is 5.57 Å². The van der Waals surface area contributed by atoms with Gasteiger partial charge in [0.05, 0.1) is 18.4 Å². The van der Waals surface area contributed by atoms with E-state index < -0.39 is 23.9 Å². The molecule has 0 spiro atoms. The zero-order valence-electron chi connectivity index (χ0n) is 18.1. The largest absolute Gasteiger partial charge is 0.573 e. The number of anilines is 2. The van der Waals surface area contributed by atoms with Gasteiger partial charge in [-0.3, -0.25) is 9.59 Å². The van der Waals surface area contributed by atoms with Gasteiger partial charge in [-0.05, 0) is 54.4 Å². The smallest absolute Gasteiger partial charge is 0.495 e. The lowest BCUT2D eigenvalue weighted by Crippen LogP contribution is -2.32. The molecule has 0 saturated heterocycles. The van der Waals surface area contributed by atoms with Crippen molar-refractivity contribution in [2.45, 2.75) is 13.3 Å². The molecule has 1 N–H and O–H groups in total. The third-order valence-corrected chi connectivity index (χ3v) is 5.08. The molecule has 0 atom stereocenters. The van der Waals surface area contributed by atoms with Gasteiger partial charge in [-0.25, -0.2) is 4.90 Å². The molecule has 3 aromatic carbocycles. The number of amides is 2. The van der Waals surface area contributed by atoms with Crippen molar-refractivity contribution >= 4 is 28.8 Å². The lowest BCUT2D eigenvalue weighted by Gasteiger charge is -2.19. The standard InChI is InChI=1S/C25H19F3N2O4/c1-15-8-13-20(33-2)19(14-15)30-23(31)21(16-6-4-3-5-7-16)22(24(30)32)29-17-9-11-18(12-10-17)34-25(26,27)28/h3-14,29H,1-2H3. The van der Waals surface area contributed by atoms with Crippen LogP contribution in [0.15, 0.2) is 78.5 Å². The third kappa shape index (κ3) is 4.59. The number of hydrogen-bond donors (Lipinski definition) is 1. The average Bonchev–Trinajstić information content (AvgIpc) is 3.03. The van der Waals surface area contributed by atoms with Crippen molar-refractivity contribution in [2.24, 2.45) is 0 Å². The van der Waals surface area contributed by atoms with Crippen LogP contribution in [0.3, 0.4) is 0 Å². The Hall–Kier alpha value is -4.27. The molecule has 6 nitrogen and oxygen atoms in total. The van der Waals surface area contributed by atoms with Gasteiger partial charge in [0, 0.05) is 5.69 Å². The van der Waals surface area contributed by atoms with Crippen LogP contribution in [0.4, 0.5) is 24.5 Å². The molecule has 1 aliphatic rings. The number of ether oxygens (including phenoxy) is 2. The van der Waals surface area contributed by atoms with Crippen molar-refractivity contribution in [1.29, 1.82) is 0 Å². The molecule has 0 unspecified atom stereocenters. The fourth-order valence-corrected chi connectivity index (χ4v) is 3.60. The van der Waals surface area contributed by atoms with E-state index in [0.29, 0.717) is 17.0 Å². The first kappa shape index (κ1) is 22.9. The molecule has 4 rings (SSSR count). The van der Waals surface area contributed by atoms with E-state index in [0.717, 1.165) is 22.6 Å². The SMILES string of the molecule is COc1ccc(C)cc1N1C(=O)C(Nc2ccc(OC(F)(F)F)cc2)=C(c2ccccc2)C1=O. The summed E-state index contributed by atoms with van der Waals surface area (Å²) in [4.78, 5) is 28.0. The predicted molar refractivity (Wildman–Crippen MR) is 120 cm³/mol. The fraction of sp³-hybridized carbons (Fsp3) is 0.120. The molecule has 1 aliphatic heterocycles. The van der Waals surface area contributed by atoms with Crippen LogP contribution in [0.1, 0.15) is 11.1 Å². The second-order valence-corrected chi connectivity index (χ2v) is 7.43. The van der Waals surface area contributed by atoms with E-state index in [1.807, 2.05) is 6.92 Å². The predicted octanol–water partition coefficient (Wildman–Crippen LogP) is 5.30. The molecule has 3 aromatic rings. The molecule has 2 amide bonds. The van der Waals surface area contributed by atoms with Crippen LogP contribution in [0.5, 0.6) is 11.5 Å². The molecule has 174 valence electrons. The highest BCUT2D eigenvalue weighted by molar-refractivity contribution is 6.46. The van der Waals surface area contributed by atoms with E-state index in [9.17, 15) is 22.8 Å². The molecule has 0 aromatic heterocycles.